The number of amides is 1. The summed E-state index contributed by atoms with van der Waals surface area (Å²) in [5.74, 6) is 0.794. The number of benzene rings is 2. The minimum atomic E-state index is -0.411. The number of nitrogens with one attached hydrogen (secondary N) is 1. The molecule has 12 heteroatoms. The van der Waals surface area contributed by atoms with Gasteiger partial charge in [-0.2, -0.15) is 0 Å². The average molecular weight is 724 g/mol. The van der Waals surface area contributed by atoms with E-state index < -0.39 is 6.09 Å². The van der Waals surface area contributed by atoms with Crippen LogP contribution in [0.15, 0.2) is 48.5 Å². The van der Waals surface area contributed by atoms with Gasteiger partial charge in [-0.1, -0.05) is 61.4 Å². The van der Waals surface area contributed by atoms with E-state index in [-0.39, 0.29) is 5.92 Å². The van der Waals surface area contributed by atoms with Crippen LogP contribution in [0.3, 0.4) is 0 Å². The molecule has 11 nitrogen and oxygen atoms in total. The fraction of sp³-hybridized carbons (Fsp3) is 0.658. The van der Waals surface area contributed by atoms with Crippen molar-refractivity contribution in [3.8, 4) is 11.1 Å². The van der Waals surface area contributed by atoms with E-state index in [1.54, 1.807) is 0 Å². The van der Waals surface area contributed by atoms with E-state index in [0.29, 0.717) is 119 Å². The number of carbonyl (C=O) groups excluding carboxylic acids is 1. The molecule has 0 aliphatic heterocycles. The van der Waals surface area contributed by atoms with Gasteiger partial charge in [0, 0.05) is 31.6 Å². The van der Waals surface area contributed by atoms with Gasteiger partial charge in [-0.25, -0.2) is 4.79 Å². The molecule has 0 saturated carbocycles. The Morgan fingerprint density at radius 1 is 0.500 bits per heavy atom. The number of fused-ring (bicyclic) bond motifs is 3. The molecule has 0 saturated heterocycles. The highest BCUT2D eigenvalue weighted by Gasteiger charge is 2.28. The molecule has 0 unspecified atom stereocenters. The third kappa shape index (κ3) is 18.8. The van der Waals surface area contributed by atoms with Crippen molar-refractivity contribution in [3.05, 3.63) is 59.7 Å². The summed E-state index contributed by atoms with van der Waals surface area (Å²) in [5, 5.41) is 2.81. The highest BCUT2D eigenvalue weighted by molar-refractivity contribution is 6.17. The Kier molecular flexibility index (Phi) is 24.6. The second-order valence-corrected chi connectivity index (χ2v) is 12.0. The van der Waals surface area contributed by atoms with E-state index in [4.69, 9.17) is 54.2 Å². The van der Waals surface area contributed by atoms with Crippen LogP contribution in [0, 0.1) is 0 Å². The first-order chi connectivity index (χ1) is 24.8. The van der Waals surface area contributed by atoms with Crippen LogP contribution in [0.1, 0.15) is 49.1 Å². The molecule has 0 spiro atoms. The van der Waals surface area contributed by atoms with E-state index in [1.807, 2.05) is 24.3 Å². The van der Waals surface area contributed by atoms with E-state index >= 15 is 0 Å². The minimum Gasteiger partial charge on any atom is -0.449 e. The number of carbonyl (C=O) groups is 1. The summed E-state index contributed by atoms with van der Waals surface area (Å²) in [7, 11) is 0. The molecule has 2 aromatic carbocycles. The molecule has 1 aliphatic carbocycles. The van der Waals surface area contributed by atoms with Crippen LogP contribution in [0.5, 0.6) is 0 Å². The average Bonchev–Trinajstić information content (AvgIpc) is 3.46. The Balaban J connectivity index is 0.971. The van der Waals surface area contributed by atoms with Gasteiger partial charge in [0.2, 0.25) is 0 Å². The molecule has 50 heavy (non-hydrogen) atoms. The Bertz CT molecular complexity index is 1080. The second kappa shape index (κ2) is 29.3. The molecule has 1 N–H and O–H groups in total. The van der Waals surface area contributed by atoms with Crippen molar-refractivity contribution >= 4 is 17.7 Å². The highest BCUT2D eigenvalue weighted by atomic mass is 35.5. The van der Waals surface area contributed by atoms with Crippen molar-refractivity contribution in [2.75, 3.05) is 125 Å². The van der Waals surface area contributed by atoms with E-state index in [1.165, 1.54) is 28.7 Å². The van der Waals surface area contributed by atoms with Gasteiger partial charge in [-0.3, -0.25) is 0 Å². The summed E-state index contributed by atoms with van der Waals surface area (Å²) in [6, 6.07) is 16.6. The maximum atomic E-state index is 12.3. The van der Waals surface area contributed by atoms with Crippen LogP contribution >= 0.6 is 11.6 Å². The lowest BCUT2D eigenvalue weighted by Crippen LogP contribution is -2.27. The predicted molar refractivity (Wildman–Crippen MR) is 193 cm³/mol. The fourth-order valence-electron chi connectivity index (χ4n) is 5.31. The molecule has 0 bridgehead atoms. The van der Waals surface area contributed by atoms with Gasteiger partial charge in [0.25, 0.3) is 0 Å². The monoisotopic (exact) mass is 723 g/mol. The number of hydrogen-bond donors (Lipinski definition) is 1. The smallest absolute Gasteiger partial charge is 0.407 e. The molecule has 1 amide bonds. The second-order valence-electron chi connectivity index (χ2n) is 11.6. The van der Waals surface area contributed by atoms with Crippen molar-refractivity contribution in [2.45, 2.75) is 38.0 Å². The Morgan fingerprint density at radius 2 is 0.880 bits per heavy atom. The van der Waals surface area contributed by atoms with E-state index in [0.717, 1.165) is 31.7 Å². The number of halogens is 1. The molecule has 282 valence electrons. The van der Waals surface area contributed by atoms with Crippen LogP contribution in [0.2, 0.25) is 0 Å². The molecule has 3 rings (SSSR count). The molecule has 2 aromatic rings. The molecule has 0 atom stereocenters. The van der Waals surface area contributed by atoms with Gasteiger partial charge >= 0.3 is 6.09 Å². The highest BCUT2D eigenvalue weighted by Crippen LogP contribution is 2.44. The quantitative estimate of drug-likeness (QED) is 0.0712. The maximum Gasteiger partial charge on any atom is 0.407 e. The third-order valence-electron chi connectivity index (χ3n) is 7.85. The molecular formula is C38H58ClNO10. The number of alkyl carbamates (subject to hydrolysis) is 1. The number of hydrogen-bond acceptors (Lipinski definition) is 10. The standard InChI is InChI=1S/C38H58ClNO10/c39-14-7-1-2-8-16-42-18-20-44-22-24-46-26-28-48-30-31-49-29-27-47-25-23-45-21-19-43-17-9-15-40-38(41)50-32-37-35-12-5-3-10-33(35)34-11-4-6-13-36(34)37/h3-6,10-13,37H,1-2,7-9,14-32H2,(H,40,41). The zero-order valence-corrected chi connectivity index (χ0v) is 30.4. The Morgan fingerprint density at radius 3 is 1.32 bits per heavy atom. The van der Waals surface area contributed by atoms with Gasteiger partial charge in [0.1, 0.15) is 6.61 Å². The maximum absolute atomic E-state index is 12.3. The number of unbranched alkanes of at least 4 members (excludes halogenated alkanes) is 3. The first kappa shape index (κ1) is 42.1. The summed E-state index contributed by atoms with van der Waals surface area (Å²) in [6.45, 7) is 9.41. The van der Waals surface area contributed by atoms with Crippen molar-refractivity contribution in [1.29, 1.82) is 0 Å². The lowest BCUT2D eigenvalue weighted by Gasteiger charge is -2.14. The van der Waals surface area contributed by atoms with Gasteiger partial charge in [0.15, 0.2) is 0 Å². The largest absolute Gasteiger partial charge is 0.449 e. The summed E-state index contributed by atoms with van der Waals surface area (Å²) in [4.78, 5) is 12.3. The zero-order valence-electron chi connectivity index (χ0n) is 29.6. The minimum absolute atomic E-state index is 0.0536. The van der Waals surface area contributed by atoms with E-state index in [2.05, 4.69) is 29.6 Å². The normalized spacial score (nSPS) is 12.3. The first-order valence-corrected chi connectivity index (χ1v) is 18.6. The molecule has 0 aromatic heterocycles. The Hall–Kier alpha value is -2.32. The van der Waals surface area contributed by atoms with Gasteiger partial charge < -0.3 is 47.9 Å². The van der Waals surface area contributed by atoms with Gasteiger partial charge in [-0.05, 0) is 41.5 Å². The van der Waals surface area contributed by atoms with Crippen molar-refractivity contribution in [2.24, 2.45) is 0 Å². The fourth-order valence-corrected chi connectivity index (χ4v) is 5.50. The third-order valence-corrected chi connectivity index (χ3v) is 8.12. The number of rotatable bonds is 33. The zero-order chi connectivity index (χ0) is 35.2. The van der Waals surface area contributed by atoms with Crippen LogP contribution in [0.25, 0.3) is 11.1 Å². The van der Waals surface area contributed by atoms with Crippen LogP contribution < -0.4 is 5.32 Å². The van der Waals surface area contributed by atoms with Crippen molar-refractivity contribution in [3.63, 3.8) is 0 Å². The van der Waals surface area contributed by atoms with Crippen molar-refractivity contribution < 1.29 is 47.4 Å². The summed E-state index contributed by atoms with van der Waals surface area (Å²) in [6.07, 6.45) is 4.76. The SMILES string of the molecule is O=C(NCCCOCCOCCOCCOCCOCCOCCOCCOCCCCCCCl)OCC1c2ccccc2-c2ccccc21. The molecular weight excluding hydrogens is 666 g/mol. The molecule has 1 aliphatic rings. The number of alkyl halides is 1. The summed E-state index contributed by atoms with van der Waals surface area (Å²) < 4.78 is 49.7. The lowest BCUT2D eigenvalue weighted by molar-refractivity contribution is -0.0231. The number of ether oxygens (including phenoxy) is 9. The molecule has 0 heterocycles. The van der Waals surface area contributed by atoms with Crippen LogP contribution in [-0.4, -0.2) is 131 Å². The van der Waals surface area contributed by atoms with Gasteiger partial charge in [0.05, 0.1) is 92.5 Å². The van der Waals surface area contributed by atoms with Gasteiger partial charge in [-0.15, -0.1) is 11.6 Å². The van der Waals surface area contributed by atoms with Crippen LogP contribution in [0.4, 0.5) is 4.79 Å². The van der Waals surface area contributed by atoms with E-state index in [9.17, 15) is 4.79 Å². The van der Waals surface area contributed by atoms with Crippen molar-refractivity contribution in [1.82, 2.24) is 5.32 Å². The lowest BCUT2D eigenvalue weighted by atomic mass is 9.98. The predicted octanol–water partition coefficient (Wildman–Crippen LogP) is 5.85. The Labute approximate surface area is 303 Å². The topological polar surface area (TPSA) is 112 Å². The van der Waals surface area contributed by atoms with Crippen LogP contribution in [-0.2, 0) is 42.6 Å². The summed E-state index contributed by atoms with van der Waals surface area (Å²) in [5.41, 5.74) is 4.82. The summed E-state index contributed by atoms with van der Waals surface area (Å²) >= 11 is 5.66. The molecule has 0 radical (unpaired) electrons. The molecule has 0 fully saturated rings. The first-order valence-electron chi connectivity index (χ1n) is 18.1.